The first-order valence-corrected chi connectivity index (χ1v) is 10.7. The van der Waals surface area contributed by atoms with Crippen molar-refractivity contribution >= 4 is 27.3 Å². The number of fused-ring (bicyclic) bond motifs is 1. The van der Waals surface area contributed by atoms with Gasteiger partial charge in [-0.2, -0.15) is 4.31 Å². The van der Waals surface area contributed by atoms with Crippen LogP contribution in [0.2, 0.25) is 0 Å². The van der Waals surface area contributed by atoms with Gasteiger partial charge in [-0.3, -0.25) is 0 Å². The Morgan fingerprint density at radius 2 is 1.86 bits per heavy atom. The molecule has 0 atom stereocenters. The lowest BCUT2D eigenvalue weighted by Crippen LogP contribution is -2.36. The number of nitrogens with one attached hydrogen (secondary N) is 1. The number of nitro groups is 1. The summed E-state index contributed by atoms with van der Waals surface area (Å²) in [6.07, 6.45) is 3.93. The molecule has 10 nitrogen and oxygen atoms in total. The van der Waals surface area contributed by atoms with E-state index in [9.17, 15) is 18.5 Å². The van der Waals surface area contributed by atoms with Crippen LogP contribution in [0, 0.1) is 10.1 Å². The lowest BCUT2D eigenvalue weighted by atomic mass is 10.2. The first kappa shape index (κ1) is 19.3. The molecule has 0 amide bonds. The van der Waals surface area contributed by atoms with Gasteiger partial charge in [-0.15, -0.1) is 0 Å². The largest absolute Gasteiger partial charge is 0.368 e. The fourth-order valence-electron chi connectivity index (χ4n) is 3.41. The summed E-state index contributed by atoms with van der Waals surface area (Å²) in [5.74, 6) is 0.139. The molecule has 0 aliphatic carbocycles. The third kappa shape index (κ3) is 3.78. The van der Waals surface area contributed by atoms with Gasteiger partial charge in [-0.1, -0.05) is 34.2 Å². The van der Waals surface area contributed by atoms with Crippen molar-refractivity contribution in [3.05, 3.63) is 58.3 Å². The smallest absolute Gasteiger partial charge is 0.363 e. The van der Waals surface area contributed by atoms with Crippen molar-refractivity contribution in [2.75, 3.05) is 18.4 Å². The minimum Gasteiger partial charge on any atom is -0.363 e. The Balaban J connectivity index is 1.59. The molecule has 0 bridgehead atoms. The molecule has 1 saturated heterocycles. The van der Waals surface area contributed by atoms with Gasteiger partial charge in [0.15, 0.2) is 5.82 Å². The van der Waals surface area contributed by atoms with E-state index in [1.165, 1.54) is 4.31 Å². The Bertz CT molecular complexity index is 1150. The molecule has 11 heteroatoms. The van der Waals surface area contributed by atoms with Crippen LogP contribution in [0.4, 0.5) is 11.6 Å². The van der Waals surface area contributed by atoms with Crippen LogP contribution >= 0.6 is 0 Å². The van der Waals surface area contributed by atoms with Crippen molar-refractivity contribution in [1.29, 1.82) is 0 Å². The van der Waals surface area contributed by atoms with Gasteiger partial charge >= 0.3 is 5.82 Å². The molecule has 2 aromatic heterocycles. The second-order valence-corrected chi connectivity index (χ2v) is 8.69. The van der Waals surface area contributed by atoms with Gasteiger partial charge in [0.2, 0.25) is 15.7 Å². The Labute approximate surface area is 167 Å². The molecule has 1 N–H and O–H groups in total. The molecule has 0 radical (unpaired) electrons. The molecule has 29 heavy (non-hydrogen) atoms. The minimum atomic E-state index is -3.57. The summed E-state index contributed by atoms with van der Waals surface area (Å²) >= 11 is 0. The van der Waals surface area contributed by atoms with E-state index in [2.05, 4.69) is 15.4 Å². The van der Waals surface area contributed by atoms with E-state index in [1.807, 2.05) is 0 Å². The number of rotatable bonds is 6. The van der Waals surface area contributed by atoms with Crippen LogP contribution < -0.4 is 5.32 Å². The van der Waals surface area contributed by atoms with E-state index in [0.29, 0.717) is 30.1 Å². The van der Waals surface area contributed by atoms with Gasteiger partial charge in [0.05, 0.1) is 4.90 Å². The zero-order chi connectivity index (χ0) is 20.4. The van der Waals surface area contributed by atoms with Gasteiger partial charge in [0.1, 0.15) is 6.20 Å². The fraction of sp³-hybridized carbons (Fsp3) is 0.333. The molecule has 1 aromatic carbocycles. The van der Waals surface area contributed by atoms with Crippen LogP contribution in [0.25, 0.3) is 5.65 Å². The van der Waals surface area contributed by atoms with Gasteiger partial charge in [0, 0.05) is 25.7 Å². The molecular weight excluding hydrogens is 396 g/mol. The summed E-state index contributed by atoms with van der Waals surface area (Å²) in [6.45, 7) is 1.28. The normalized spacial score (nSPS) is 15.4. The highest BCUT2D eigenvalue weighted by molar-refractivity contribution is 7.89. The van der Waals surface area contributed by atoms with E-state index in [0.717, 1.165) is 30.0 Å². The van der Waals surface area contributed by atoms with Crippen LogP contribution in [0.1, 0.15) is 24.8 Å². The van der Waals surface area contributed by atoms with Crippen LogP contribution in [0.3, 0.4) is 0 Å². The highest BCUT2D eigenvalue weighted by Gasteiger charge is 2.27. The van der Waals surface area contributed by atoms with Crippen molar-refractivity contribution in [3.8, 4) is 0 Å². The monoisotopic (exact) mass is 416 g/mol. The Hall–Kier alpha value is -3.05. The van der Waals surface area contributed by atoms with E-state index in [1.54, 1.807) is 36.4 Å². The topological polar surface area (TPSA) is 123 Å². The highest BCUT2D eigenvalue weighted by atomic mass is 32.2. The Morgan fingerprint density at radius 1 is 1.10 bits per heavy atom. The van der Waals surface area contributed by atoms with Gasteiger partial charge in [0.25, 0.3) is 0 Å². The van der Waals surface area contributed by atoms with Gasteiger partial charge in [-0.25, -0.2) is 13.4 Å². The quantitative estimate of drug-likeness (QED) is 0.483. The predicted molar refractivity (Wildman–Crippen MR) is 106 cm³/mol. The molecule has 1 fully saturated rings. The number of benzene rings is 1. The number of anilines is 1. The molecule has 0 spiro atoms. The zero-order valence-corrected chi connectivity index (χ0v) is 16.4. The fourth-order valence-corrected chi connectivity index (χ4v) is 5.15. The molecule has 1 aliphatic rings. The van der Waals surface area contributed by atoms with Crippen LogP contribution in [0.15, 0.2) is 47.5 Å². The maximum absolute atomic E-state index is 13.1. The summed E-state index contributed by atoms with van der Waals surface area (Å²) in [7, 11) is -3.57. The molecule has 152 valence electrons. The number of imidazole rings is 1. The average molecular weight is 416 g/mol. The maximum atomic E-state index is 13.1. The second-order valence-electron chi connectivity index (χ2n) is 6.79. The number of hydrogen-bond donors (Lipinski definition) is 1. The summed E-state index contributed by atoms with van der Waals surface area (Å²) in [5, 5.41) is 18.3. The Kier molecular flexibility index (Phi) is 5.16. The standard InChI is InChI=1S/C18H20N6O4S/c25-24(26)18-13-20-17-9-8-16(21-23(17)18)19-12-14-6-2-3-7-15(14)29(27,28)22-10-4-1-5-11-22/h2-3,6-9,13H,1,4-5,10-12H2,(H,19,21). The zero-order valence-electron chi connectivity index (χ0n) is 15.6. The number of sulfonamides is 1. The van der Waals surface area contributed by atoms with Crippen molar-refractivity contribution in [2.24, 2.45) is 0 Å². The third-order valence-corrected chi connectivity index (χ3v) is 6.90. The van der Waals surface area contributed by atoms with E-state index < -0.39 is 14.9 Å². The van der Waals surface area contributed by atoms with Gasteiger partial charge < -0.3 is 15.4 Å². The van der Waals surface area contributed by atoms with E-state index >= 15 is 0 Å². The number of aromatic nitrogens is 3. The number of nitrogens with zero attached hydrogens (tertiary/aromatic N) is 5. The van der Waals surface area contributed by atoms with E-state index in [-0.39, 0.29) is 17.3 Å². The summed E-state index contributed by atoms with van der Waals surface area (Å²) < 4.78 is 28.8. The number of piperidine rings is 1. The summed E-state index contributed by atoms with van der Waals surface area (Å²) in [4.78, 5) is 14.7. The molecule has 3 heterocycles. The molecule has 0 unspecified atom stereocenters. The Morgan fingerprint density at radius 3 is 2.62 bits per heavy atom. The maximum Gasteiger partial charge on any atom is 0.368 e. The molecular formula is C18H20N6O4S. The van der Waals surface area contributed by atoms with Crippen LogP contribution in [-0.2, 0) is 16.6 Å². The molecule has 4 rings (SSSR count). The predicted octanol–water partition coefficient (Wildman–Crippen LogP) is 2.42. The number of hydrogen-bond acceptors (Lipinski definition) is 7. The van der Waals surface area contributed by atoms with Gasteiger partial charge in [-0.05, 0) is 35.5 Å². The molecule has 0 saturated carbocycles. The lowest BCUT2D eigenvalue weighted by Gasteiger charge is -2.26. The summed E-state index contributed by atoms with van der Waals surface area (Å²) in [5.41, 5.74) is 0.968. The average Bonchev–Trinajstić information content (AvgIpc) is 3.16. The van der Waals surface area contributed by atoms with Crippen molar-refractivity contribution < 1.29 is 13.3 Å². The van der Waals surface area contributed by atoms with E-state index in [4.69, 9.17) is 0 Å². The van der Waals surface area contributed by atoms with Crippen molar-refractivity contribution in [2.45, 2.75) is 30.7 Å². The van der Waals surface area contributed by atoms with Crippen LogP contribution in [0.5, 0.6) is 0 Å². The molecule has 3 aromatic rings. The second kappa shape index (κ2) is 7.76. The third-order valence-electron chi connectivity index (χ3n) is 4.90. The lowest BCUT2D eigenvalue weighted by molar-refractivity contribution is -0.391. The first-order chi connectivity index (χ1) is 14.0. The highest BCUT2D eigenvalue weighted by Crippen LogP contribution is 2.24. The van der Waals surface area contributed by atoms with Crippen LogP contribution in [-0.4, -0.2) is 45.3 Å². The van der Waals surface area contributed by atoms with Crippen molar-refractivity contribution in [1.82, 2.24) is 18.9 Å². The SMILES string of the molecule is O=[N+]([O-])c1cnc2ccc(NCc3ccccc3S(=O)(=O)N3CCCCC3)nn12. The van der Waals surface area contributed by atoms with Crippen molar-refractivity contribution in [3.63, 3.8) is 0 Å². The minimum absolute atomic E-state index is 0.213. The molecule has 1 aliphatic heterocycles. The summed E-state index contributed by atoms with van der Waals surface area (Å²) in [6, 6.07) is 10.1. The first-order valence-electron chi connectivity index (χ1n) is 9.28.